The Morgan fingerprint density at radius 1 is 1.06 bits per heavy atom. The maximum Gasteiger partial charge on any atom is 0.308 e. The van der Waals surface area contributed by atoms with Crippen LogP contribution in [0.4, 0.5) is 0 Å². The summed E-state index contributed by atoms with van der Waals surface area (Å²) in [5, 5.41) is 6.00. The largest absolute Gasteiger partial charge is 0.458 e. The summed E-state index contributed by atoms with van der Waals surface area (Å²) >= 11 is 0. The Hall–Kier alpha value is -2.57. The minimum absolute atomic E-state index is 0.00529. The molecule has 3 saturated heterocycles. The standard InChI is InChI=1S/C37H60N2O9/c1-10-18-38-34(41)20-29-21-37(22-44-37)35(47-28(9)43-11-2)32(48-29)16-13-24(5)12-15-31-25(6)19-30(27(8)46-31)39-33(40)17-14-26(7)45-36(42)23(3)4/h12-14,16-17,23,25-32,35H,10-11,15,18-22H2,1-9H3,(H,38,41)(H,39,40)/b16-13+,17-14-,24-12+/t25-,26-,27+,28?,29+,30+,31-,32+,35+,37+/m0/s1. The molecule has 3 aliphatic rings. The zero-order valence-corrected chi connectivity index (χ0v) is 30.5. The van der Waals surface area contributed by atoms with Gasteiger partial charge in [0.1, 0.15) is 23.9 Å². The third kappa shape index (κ3) is 12.4. The minimum Gasteiger partial charge on any atom is -0.458 e. The lowest BCUT2D eigenvalue weighted by atomic mass is 9.87. The Morgan fingerprint density at radius 2 is 1.79 bits per heavy atom. The highest BCUT2D eigenvalue weighted by Crippen LogP contribution is 2.45. The predicted molar refractivity (Wildman–Crippen MR) is 183 cm³/mol. The van der Waals surface area contributed by atoms with Crippen molar-refractivity contribution in [2.75, 3.05) is 19.8 Å². The van der Waals surface area contributed by atoms with E-state index in [-0.39, 0.29) is 66.5 Å². The van der Waals surface area contributed by atoms with Crippen molar-refractivity contribution < 1.29 is 42.8 Å². The molecule has 10 atom stereocenters. The first-order valence-corrected chi connectivity index (χ1v) is 17.8. The fourth-order valence-electron chi connectivity index (χ4n) is 6.15. The van der Waals surface area contributed by atoms with Crippen LogP contribution in [0.3, 0.4) is 0 Å². The van der Waals surface area contributed by atoms with Crippen LogP contribution >= 0.6 is 0 Å². The van der Waals surface area contributed by atoms with Gasteiger partial charge in [-0.3, -0.25) is 14.4 Å². The molecule has 3 heterocycles. The maximum atomic E-state index is 12.6. The summed E-state index contributed by atoms with van der Waals surface area (Å²) < 4.78 is 36.1. The Labute approximate surface area is 287 Å². The molecular formula is C37H60N2O9. The van der Waals surface area contributed by atoms with Crippen LogP contribution in [0.2, 0.25) is 0 Å². The molecule has 0 aliphatic carbocycles. The number of esters is 1. The molecule has 0 bridgehead atoms. The van der Waals surface area contributed by atoms with Gasteiger partial charge in [0, 0.05) is 25.6 Å². The zero-order chi connectivity index (χ0) is 35.4. The Kier molecular flexibility index (Phi) is 15.8. The number of carbonyl (C=O) groups excluding carboxylic acids is 3. The van der Waals surface area contributed by atoms with Crippen molar-refractivity contribution >= 4 is 17.8 Å². The minimum atomic E-state index is -0.492. The van der Waals surface area contributed by atoms with Crippen molar-refractivity contribution in [2.24, 2.45) is 11.8 Å². The smallest absolute Gasteiger partial charge is 0.308 e. The van der Waals surface area contributed by atoms with Crippen molar-refractivity contribution in [2.45, 2.75) is 149 Å². The van der Waals surface area contributed by atoms with Gasteiger partial charge in [0.05, 0.1) is 43.3 Å². The van der Waals surface area contributed by atoms with E-state index < -0.39 is 24.1 Å². The van der Waals surface area contributed by atoms with E-state index in [4.69, 9.17) is 28.4 Å². The number of hydrogen-bond donors (Lipinski definition) is 2. The fraction of sp³-hybridized carbons (Fsp3) is 0.757. The molecule has 2 amide bonds. The Morgan fingerprint density at radius 3 is 2.44 bits per heavy atom. The van der Waals surface area contributed by atoms with Crippen LogP contribution in [0.25, 0.3) is 0 Å². The summed E-state index contributed by atoms with van der Waals surface area (Å²) in [5.74, 6) is -0.556. The summed E-state index contributed by atoms with van der Waals surface area (Å²) in [7, 11) is 0. The summed E-state index contributed by atoms with van der Waals surface area (Å²) in [5.41, 5.74) is 0.564. The number of nitrogens with one attached hydrogen (secondary N) is 2. The molecule has 3 rings (SSSR count). The van der Waals surface area contributed by atoms with Gasteiger partial charge in [0.2, 0.25) is 11.8 Å². The SMILES string of the molecule is CCCNC(=O)C[C@@H]1C[C@@]2(CO2)[C@H](OC(C)OCC)[C@@H](/C=C/C(C)=C/C[C@@H]2O[C@H](C)[C@H](NC(=O)/C=C\[C@H](C)OC(=O)C(C)C)C[C@@H]2C)O1. The van der Waals surface area contributed by atoms with Gasteiger partial charge in [-0.1, -0.05) is 51.5 Å². The number of epoxide rings is 1. The van der Waals surface area contributed by atoms with E-state index >= 15 is 0 Å². The molecule has 3 fully saturated rings. The Bertz CT molecular complexity index is 1150. The second-order valence-corrected chi connectivity index (χ2v) is 13.8. The molecule has 11 nitrogen and oxygen atoms in total. The quantitative estimate of drug-likeness (QED) is 0.0723. The average Bonchev–Trinajstić information content (AvgIpc) is 3.79. The average molecular weight is 677 g/mol. The molecule has 272 valence electrons. The molecule has 0 aromatic carbocycles. The van der Waals surface area contributed by atoms with Crippen molar-refractivity contribution in [3.63, 3.8) is 0 Å². The molecule has 3 aliphatic heterocycles. The second kappa shape index (κ2) is 19.0. The summed E-state index contributed by atoms with van der Waals surface area (Å²) in [6.45, 7) is 19.0. The van der Waals surface area contributed by atoms with Gasteiger partial charge >= 0.3 is 5.97 Å². The van der Waals surface area contributed by atoms with Crippen LogP contribution in [-0.2, 0) is 42.8 Å². The van der Waals surface area contributed by atoms with E-state index in [1.165, 1.54) is 6.08 Å². The van der Waals surface area contributed by atoms with Gasteiger partial charge in [-0.05, 0) is 65.9 Å². The van der Waals surface area contributed by atoms with E-state index in [2.05, 4.69) is 23.6 Å². The normalized spacial score (nSPS) is 32.0. The highest BCUT2D eigenvalue weighted by Gasteiger charge is 2.60. The van der Waals surface area contributed by atoms with Crippen LogP contribution in [0, 0.1) is 11.8 Å². The Balaban J connectivity index is 1.58. The predicted octanol–water partition coefficient (Wildman–Crippen LogP) is 4.93. The van der Waals surface area contributed by atoms with Gasteiger partial charge in [-0.2, -0.15) is 0 Å². The maximum absolute atomic E-state index is 12.6. The van der Waals surface area contributed by atoms with Crippen LogP contribution in [0.15, 0.2) is 36.0 Å². The first-order chi connectivity index (χ1) is 22.8. The van der Waals surface area contributed by atoms with Crippen LogP contribution in [0.1, 0.15) is 94.4 Å². The number of rotatable bonds is 17. The topological polar surface area (TPSA) is 134 Å². The van der Waals surface area contributed by atoms with Crippen molar-refractivity contribution in [3.8, 4) is 0 Å². The third-order valence-corrected chi connectivity index (χ3v) is 9.04. The van der Waals surface area contributed by atoms with E-state index in [0.29, 0.717) is 26.2 Å². The fourth-order valence-corrected chi connectivity index (χ4v) is 6.15. The lowest BCUT2D eigenvalue weighted by molar-refractivity contribution is -0.226. The monoisotopic (exact) mass is 676 g/mol. The number of allylic oxidation sites excluding steroid dienone is 2. The molecule has 1 unspecified atom stereocenters. The van der Waals surface area contributed by atoms with Gasteiger partial charge < -0.3 is 39.1 Å². The lowest BCUT2D eigenvalue weighted by Crippen LogP contribution is -2.53. The molecule has 0 aromatic heterocycles. The number of carbonyl (C=O) groups is 3. The lowest BCUT2D eigenvalue weighted by Gasteiger charge is -2.40. The van der Waals surface area contributed by atoms with E-state index in [0.717, 1.165) is 24.8 Å². The van der Waals surface area contributed by atoms with Gasteiger partial charge in [0.15, 0.2) is 6.29 Å². The first-order valence-electron chi connectivity index (χ1n) is 17.8. The molecule has 48 heavy (non-hydrogen) atoms. The van der Waals surface area contributed by atoms with Crippen LogP contribution in [0.5, 0.6) is 0 Å². The molecule has 0 saturated carbocycles. The van der Waals surface area contributed by atoms with Crippen LogP contribution < -0.4 is 10.6 Å². The summed E-state index contributed by atoms with van der Waals surface area (Å²) in [6, 6.07) is -0.125. The van der Waals surface area contributed by atoms with E-state index in [9.17, 15) is 14.4 Å². The molecule has 11 heteroatoms. The van der Waals surface area contributed by atoms with Gasteiger partial charge in [0.25, 0.3) is 0 Å². The molecule has 0 radical (unpaired) electrons. The second-order valence-electron chi connectivity index (χ2n) is 13.8. The zero-order valence-electron chi connectivity index (χ0n) is 30.5. The van der Waals surface area contributed by atoms with Crippen LogP contribution in [-0.4, -0.2) is 92.1 Å². The van der Waals surface area contributed by atoms with Gasteiger partial charge in [-0.25, -0.2) is 0 Å². The van der Waals surface area contributed by atoms with Crippen molar-refractivity contribution in [1.82, 2.24) is 10.6 Å². The van der Waals surface area contributed by atoms with Crippen molar-refractivity contribution in [1.29, 1.82) is 0 Å². The van der Waals surface area contributed by atoms with Crippen molar-refractivity contribution in [3.05, 3.63) is 36.0 Å². The molecule has 2 N–H and O–H groups in total. The molecule has 1 spiro atoms. The molecule has 0 aromatic rings. The summed E-state index contributed by atoms with van der Waals surface area (Å²) in [6.07, 6.45) is 10.4. The number of amides is 2. The molecular weight excluding hydrogens is 616 g/mol. The van der Waals surface area contributed by atoms with E-state index in [1.807, 2.05) is 46.8 Å². The highest BCUT2D eigenvalue weighted by molar-refractivity contribution is 5.87. The van der Waals surface area contributed by atoms with E-state index in [1.54, 1.807) is 26.8 Å². The first kappa shape index (κ1) is 39.9. The number of ether oxygens (including phenoxy) is 6. The third-order valence-electron chi connectivity index (χ3n) is 9.04. The highest BCUT2D eigenvalue weighted by atomic mass is 16.7. The van der Waals surface area contributed by atoms with Gasteiger partial charge in [-0.15, -0.1) is 0 Å². The summed E-state index contributed by atoms with van der Waals surface area (Å²) in [4.78, 5) is 36.9. The number of hydrogen-bond acceptors (Lipinski definition) is 9.